The number of aryl methyl sites for hydroxylation is 1. The third kappa shape index (κ3) is 3.92. The van der Waals surface area contributed by atoms with Crippen LogP contribution in [0.1, 0.15) is 18.3 Å². The van der Waals surface area contributed by atoms with Crippen molar-refractivity contribution in [3.8, 4) is 5.82 Å². The molecule has 0 aliphatic carbocycles. The van der Waals surface area contributed by atoms with Crippen molar-refractivity contribution in [3.63, 3.8) is 0 Å². The van der Waals surface area contributed by atoms with E-state index < -0.39 is 0 Å². The van der Waals surface area contributed by atoms with Crippen LogP contribution in [0.2, 0.25) is 0 Å². The Bertz CT molecular complexity index is 656. The number of nitrogens with two attached hydrogens (primary N) is 1. The van der Waals surface area contributed by atoms with E-state index in [-0.39, 0.29) is 0 Å². The van der Waals surface area contributed by atoms with E-state index in [1.165, 1.54) is 0 Å². The lowest BCUT2D eigenvalue weighted by Gasteiger charge is -2.09. The second-order valence-electron chi connectivity index (χ2n) is 4.84. The van der Waals surface area contributed by atoms with Crippen LogP contribution in [-0.4, -0.2) is 27.0 Å². The molecule has 110 valence electrons. The fourth-order valence-electron chi connectivity index (χ4n) is 1.84. The summed E-state index contributed by atoms with van der Waals surface area (Å²) in [6.07, 6.45) is 5.39. The van der Waals surface area contributed by atoms with E-state index in [0.717, 1.165) is 22.8 Å². The zero-order valence-electron chi connectivity index (χ0n) is 12.4. The molecule has 0 aliphatic heterocycles. The molecule has 21 heavy (non-hydrogen) atoms. The zero-order chi connectivity index (χ0) is 15.2. The molecule has 0 unspecified atom stereocenters. The quantitative estimate of drug-likeness (QED) is 0.496. The van der Waals surface area contributed by atoms with Gasteiger partial charge in [-0.25, -0.2) is 15.0 Å². The predicted octanol–water partition coefficient (Wildman–Crippen LogP) is 1.56. The van der Waals surface area contributed by atoms with E-state index in [4.69, 9.17) is 5.73 Å². The molecule has 0 bridgehead atoms. The van der Waals surface area contributed by atoms with Crippen LogP contribution in [0.5, 0.6) is 0 Å². The number of nitrogens with zero attached hydrogens (tertiary/aromatic N) is 4. The summed E-state index contributed by atoms with van der Waals surface area (Å²) in [6.45, 7) is 8.75. The van der Waals surface area contributed by atoms with Crippen molar-refractivity contribution in [1.29, 1.82) is 0 Å². The maximum atomic E-state index is 5.83. The third-order valence-electron chi connectivity index (χ3n) is 2.91. The van der Waals surface area contributed by atoms with Crippen LogP contribution < -0.4 is 11.1 Å². The number of aliphatic imine (C=N–C) groups is 1. The smallest absolute Gasteiger partial charge is 0.189 e. The highest BCUT2D eigenvalue weighted by Gasteiger charge is 2.07. The third-order valence-corrected chi connectivity index (χ3v) is 2.91. The molecule has 2 heterocycles. The Hall–Kier alpha value is -2.63. The van der Waals surface area contributed by atoms with Gasteiger partial charge in [-0.15, -0.1) is 0 Å². The Balaban J connectivity index is 2.16. The van der Waals surface area contributed by atoms with E-state index in [1.807, 2.05) is 36.7 Å². The summed E-state index contributed by atoms with van der Waals surface area (Å²) in [4.78, 5) is 13.0. The molecule has 6 heteroatoms. The lowest BCUT2D eigenvalue weighted by atomic mass is 10.2. The van der Waals surface area contributed by atoms with Gasteiger partial charge in [0.25, 0.3) is 0 Å². The lowest BCUT2D eigenvalue weighted by molar-refractivity contribution is 0.885. The van der Waals surface area contributed by atoms with Crippen molar-refractivity contribution >= 4 is 5.96 Å². The van der Waals surface area contributed by atoms with Gasteiger partial charge >= 0.3 is 0 Å². The van der Waals surface area contributed by atoms with Crippen molar-refractivity contribution in [2.45, 2.75) is 20.4 Å². The Morgan fingerprint density at radius 3 is 2.90 bits per heavy atom. The molecule has 0 radical (unpaired) electrons. The van der Waals surface area contributed by atoms with E-state index >= 15 is 0 Å². The molecular formula is C15H20N6. The minimum absolute atomic E-state index is 0.398. The van der Waals surface area contributed by atoms with Crippen molar-refractivity contribution in [3.05, 3.63) is 54.3 Å². The number of imidazole rings is 1. The lowest BCUT2D eigenvalue weighted by Crippen LogP contribution is -2.32. The molecule has 0 saturated carbocycles. The summed E-state index contributed by atoms with van der Waals surface area (Å²) in [7, 11) is 0. The number of pyridine rings is 1. The average molecular weight is 284 g/mol. The van der Waals surface area contributed by atoms with Gasteiger partial charge in [-0.3, -0.25) is 4.57 Å². The van der Waals surface area contributed by atoms with Gasteiger partial charge in [0.15, 0.2) is 5.96 Å². The first-order chi connectivity index (χ1) is 10.1. The number of hydrogen-bond acceptors (Lipinski definition) is 3. The fraction of sp³-hybridized carbons (Fsp3) is 0.267. The Morgan fingerprint density at radius 2 is 2.24 bits per heavy atom. The van der Waals surface area contributed by atoms with Gasteiger partial charge in [0.05, 0.1) is 6.54 Å². The summed E-state index contributed by atoms with van der Waals surface area (Å²) in [5.41, 5.74) is 7.82. The second kappa shape index (κ2) is 6.69. The van der Waals surface area contributed by atoms with E-state index in [1.54, 1.807) is 12.4 Å². The number of hydrogen-bond donors (Lipinski definition) is 2. The Morgan fingerprint density at radius 1 is 1.43 bits per heavy atom. The first kappa shape index (κ1) is 14.8. The fourth-order valence-corrected chi connectivity index (χ4v) is 1.84. The monoisotopic (exact) mass is 284 g/mol. The molecule has 0 amide bonds. The van der Waals surface area contributed by atoms with Crippen molar-refractivity contribution < 1.29 is 0 Å². The van der Waals surface area contributed by atoms with Gasteiger partial charge in [-0.2, -0.15) is 0 Å². The van der Waals surface area contributed by atoms with E-state index in [9.17, 15) is 0 Å². The molecule has 0 spiro atoms. The van der Waals surface area contributed by atoms with Crippen molar-refractivity contribution in [2.75, 3.05) is 6.54 Å². The number of guanidine groups is 1. The van der Waals surface area contributed by atoms with Crippen LogP contribution in [0.25, 0.3) is 5.82 Å². The molecule has 6 nitrogen and oxygen atoms in total. The van der Waals surface area contributed by atoms with Gasteiger partial charge in [-0.05, 0) is 19.9 Å². The molecule has 0 aliphatic rings. The zero-order valence-corrected chi connectivity index (χ0v) is 12.4. The van der Waals surface area contributed by atoms with Crippen LogP contribution in [0.4, 0.5) is 0 Å². The topological polar surface area (TPSA) is 81.1 Å². The first-order valence-corrected chi connectivity index (χ1v) is 6.70. The molecule has 0 atom stereocenters. The highest BCUT2D eigenvalue weighted by atomic mass is 15.1. The summed E-state index contributed by atoms with van der Waals surface area (Å²) >= 11 is 0. The van der Waals surface area contributed by atoms with Crippen molar-refractivity contribution in [2.24, 2.45) is 10.7 Å². The molecule has 0 aromatic carbocycles. The van der Waals surface area contributed by atoms with Crippen LogP contribution in [0.3, 0.4) is 0 Å². The molecule has 2 rings (SSSR count). The summed E-state index contributed by atoms with van der Waals surface area (Å²) in [5, 5.41) is 3.01. The van der Waals surface area contributed by atoms with Crippen LogP contribution >= 0.6 is 0 Å². The SMILES string of the molecule is C=C(C)CNC(N)=NCc1cccnc1-n1ccnc1C. The molecular weight excluding hydrogens is 264 g/mol. The van der Waals surface area contributed by atoms with E-state index in [2.05, 4.69) is 26.9 Å². The van der Waals surface area contributed by atoms with Gasteiger partial charge in [0.1, 0.15) is 11.6 Å². The van der Waals surface area contributed by atoms with Crippen LogP contribution in [0, 0.1) is 6.92 Å². The number of nitrogens with one attached hydrogen (secondary N) is 1. The summed E-state index contributed by atoms with van der Waals surface area (Å²) in [5.74, 6) is 2.10. The van der Waals surface area contributed by atoms with Gasteiger partial charge in [0.2, 0.25) is 0 Å². The van der Waals surface area contributed by atoms with Crippen LogP contribution in [0.15, 0.2) is 47.9 Å². The highest BCUT2D eigenvalue weighted by Crippen LogP contribution is 2.14. The minimum Gasteiger partial charge on any atom is -0.370 e. The van der Waals surface area contributed by atoms with Gasteiger partial charge < -0.3 is 11.1 Å². The van der Waals surface area contributed by atoms with Gasteiger partial charge in [-0.1, -0.05) is 18.2 Å². The van der Waals surface area contributed by atoms with Crippen LogP contribution in [-0.2, 0) is 6.54 Å². The largest absolute Gasteiger partial charge is 0.370 e. The second-order valence-corrected chi connectivity index (χ2v) is 4.84. The number of aromatic nitrogens is 3. The average Bonchev–Trinajstić information content (AvgIpc) is 2.89. The molecule has 2 aromatic rings. The van der Waals surface area contributed by atoms with E-state index in [0.29, 0.717) is 19.0 Å². The maximum absolute atomic E-state index is 5.83. The standard InChI is InChI=1S/C15H20N6/c1-11(2)9-19-15(16)20-10-13-5-4-6-18-14(13)21-8-7-17-12(21)3/h4-8H,1,9-10H2,2-3H3,(H3,16,19,20). The number of rotatable bonds is 5. The molecule has 3 N–H and O–H groups in total. The highest BCUT2D eigenvalue weighted by molar-refractivity contribution is 5.78. The Kier molecular flexibility index (Phi) is 4.71. The first-order valence-electron chi connectivity index (χ1n) is 6.70. The maximum Gasteiger partial charge on any atom is 0.189 e. The normalized spacial score (nSPS) is 11.4. The summed E-state index contributed by atoms with van der Waals surface area (Å²) in [6, 6.07) is 3.87. The van der Waals surface area contributed by atoms with Crippen molar-refractivity contribution in [1.82, 2.24) is 19.9 Å². The Labute approximate surface area is 124 Å². The molecule has 0 fully saturated rings. The van der Waals surface area contributed by atoms with Gasteiger partial charge in [0, 0.05) is 30.7 Å². The predicted molar refractivity (Wildman–Crippen MR) is 84.2 cm³/mol. The molecule has 2 aromatic heterocycles. The molecule has 0 saturated heterocycles. The minimum atomic E-state index is 0.398. The summed E-state index contributed by atoms with van der Waals surface area (Å²) < 4.78 is 1.93.